The number of carbonyl (C=O) groups excluding carboxylic acids is 1. The first-order valence-electron chi connectivity index (χ1n) is 9.66. The number of fused-ring (bicyclic) bond motifs is 1. The van der Waals surface area contributed by atoms with Gasteiger partial charge in [-0.15, -0.1) is 0 Å². The minimum absolute atomic E-state index is 0.0983. The molecule has 2 heterocycles. The minimum Gasteiger partial charge on any atom is -0.355 e. The molecule has 0 saturated heterocycles. The number of hydrogen-bond donors (Lipinski definition) is 1. The van der Waals surface area contributed by atoms with Crippen molar-refractivity contribution in [1.29, 1.82) is 0 Å². The van der Waals surface area contributed by atoms with Crippen molar-refractivity contribution in [1.82, 2.24) is 15.5 Å². The third-order valence-corrected chi connectivity index (χ3v) is 6.41. The van der Waals surface area contributed by atoms with Crippen LogP contribution in [0.2, 0.25) is 0 Å². The predicted molar refractivity (Wildman–Crippen MR) is 106 cm³/mol. The Morgan fingerprint density at radius 3 is 2.93 bits per heavy atom. The van der Waals surface area contributed by atoms with E-state index in [2.05, 4.69) is 15.5 Å². The van der Waals surface area contributed by atoms with Crippen LogP contribution < -0.4 is 9.62 Å². The molecule has 0 bridgehead atoms. The van der Waals surface area contributed by atoms with Crippen molar-refractivity contribution >= 4 is 21.6 Å². The van der Waals surface area contributed by atoms with E-state index in [1.165, 1.54) is 4.31 Å². The maximum absolute atomic E-state index is 12.6. The van der Waals surface area contributed by atoms with E-state index in [0.717, 1.165) is 30.5 Å². The Bertz CT molecular complexity index is 910. The highest BCUT2D eigenvalue weighted by Gasteiger charge is 2.28. The molecule has 0 unspecified atom stereocenters. The number of rotatable bonds is 10. The van der Waals surface area contributed by atoms with E-state index in [-0.39, 0.29) is 24.6 Å². The molecule has 1 aliphatic rings. The van der Waals surface area contributed by atoms with Crippen molar-refractivity contribution in [2.75, 3.05) is 23.1 Å². The van der Waals surface area contributed by atoms with Gasteiger partial charge in [-0.25, -0.2) is 8.42 Å². The van der Waals surface area contributed by atoms with Gasteiger partial charge in [-0.1, -0.05) is 30.3 Å². The van der Waals surface area contributed by atoms with E-state index in [1.807, 2.05) is 31.2 Å². The number of hydrogen-bond acceptors (Lipinski definition) is 6. The Morgan fingerprint density at radius 1 is 1.29 bits per heavy atom. The normalized spacial score (nSPS) is 13.5. The van der Waals surface area contributed by atoms with Crippen LogP contribution >= 0.6 is 0 Å². The molecule has 28 heavy (non-hydrogen) atoms. The standard InChI is InChI=1S/C19H26N4O4S/c1-2-6-17-21-19(27-22-17)10-5-9-18(24)20-12-14-28(25,26)23-13-11-15-7-3-4-8-16(15)23/h3-4,7-8H,2,5-6,9-14H2,1H3,(H,20,24). The summed E-state index contributed by atoms with van der Waals surface area (Å²) in [6.45, 7) is 2.60. The molecule has 0 spiro atoms. The molecule has 1 aliphatic heterocycles. The van der Waals surface area contributed by atoms with Gasteiger partial charge in [0.25, 0.3) is 0 Å². The zero-order valence-electron chi connectivity index (χ0n) is 16.1. The quantitative estimate of drug-likeness (QED) is 0.646. The van der Waals surface area contributed by atoms with Gasteiger partial charge in [0.1, 0.15) is 0 Å². The second-order valence-corrected chi connectivity index (χ2v) is 8.84. The van der Waals surface area contributed by atoms with Crippen LogP contribution in [0.1, 0.15) is 43.5 Å². The molecule has 1 amide bonds. The molecule has 0 fully saturated rings. The Morgan fingerprint density at radius 2 is 2.11 bits per heavy atom. The van der Waals surface area contributed by atoms with Crippen molar-refractivity contribution < 1.29 is 17.7 Å². The van der Waals surface area contributed by atoms with Gasteiger partial charge in [0.15, 0.2) is 5.82 Å². The molecule has 3 rings (SSSR count). The maximum atomic E-state index is 12.6. The van der Waals surface area contributed by atoms with Crippen molar-refractivity contribution in [3.05, 3.63) is 41.5 Å². The summed E-state index contributed by atoms with van der Waals surface area (Å²) in [5.41, 5.74) is 1.79. The van der Waals surface area contributed by atoms with Crippen molar-refractivity contribution in [2.24, 2.45) is 0 Å². The Balaban J connectivity index is 1.39. The topological polar surface area (TPSA) is 105 Å². The number of aromatic nitrogens is 2. The van der Waals surface area contributed by atoms with E-state index in [1.54, 1.807) is 0 Å². The van der Waals surface area contributed by atoms with E-state index in [4.69, 9.17) is 4.52 Å². The van der Waals surface area contributed by atoms with E-state index < -0.39 is 10.0 Å². The average Bonchev–Trinajstić information content (AvgIpc) is 3.29. The Hall–Kier alpha value is -2.42. The smallest absolute Gasteiger partial charge is 0.236 e. The molecule has 1 aromatic heterocycles. The maximum Gasteiger partial charge on any atom is 0.236 e. The number of benzene rings is 1. The second kappa shape index (κ2) is 9.18. The number of nitrogens with zero attached hydrogens (tertiary/aromatic N) is 3. The second-order valence-electron chi connectivity index (χ2n) is 6.82. The van der Waals surface area contributed by atoms with Crippen LogP contribution in [0.5, 0.6) is 0 Å². The first-order valence-corrected chi connectivity index (χ1v) is 11.3. The summed E-state index contributed by atoms with van der Waals surface area (Å²) in [7, 11) is -3.45. The van der Waals surface area contributed by atoms with E-state index >= 15 is 0 Å². The molecule has 8 nitrogen and oxygen atoms in total. The fourth-order valence-corrected chi connectivity index (χ4v) is 4.66. The van der Waals surface area contributed by atoms with Gasteiger partial charge in [0.2, 0.25) is 21.8 Å². The summed E-state index contributed by atoms with van der Waals surface area (Å²) >= 11 is 0. The van der Waals surface area contributed by atoms with Crippen LogP contribution in [-0.4, -0.2) is 43.3 Å². The molecule has 152 valence electrons. The fraction of sp³-hybridized carbons (Fsp3) is 0.526. The van der Waals surface area contributed by atoms with Crippen LogP contribution in [0.25, 0.3) is 0 Å². The Labute approximate surface area is 165 Å². The average molecular weight is 407 g/mol. The van der Waals surface area contributed by atoms with Crippen LogP contribution in [0, 0.1) is 0 Å². The number of anilines is 1. The number of carbonyl (C=O) groups is 1. The monoisotopic (exact) mass is 406 g/mol. The number of nitrogens with one attached hydrogen (secondary N) is 1. The lowest BCUT2D eigenvalue weighted by Gasteiger charge is -2.19. The highest BCUT2D eigenvalue weighted by atomic mass is 32.2. The number of amides is 1. The molecule has 0 saturated carbocycles. The highest BCUT2D eigenvalue weighted by Crippen LogP contribution is 2.29. The molecular formula is C19H26N4O4S. The van der Waals surface area contributed by atoms with Gasteiger partial charge in [-0.2, -0.15) is 4.98 Å². The van der Waals surface area contributed by atoms with Crippen molar-refractivity contribution in [3.8, 4) is 0 Å². The highest BCUT2D eigenvalue weighted by molar-refractivity contribution is 7.92. The zero-order valence-corrected chi connectivity index (χ0v) is 16.9. The molecule has 1 aromatic carbocycles. The Kier molecular flexibility index (Phi) is 6.66. The number of para-hydroxylation sites is 1. The lowest BCUT2D eigenvalue weighted by atomic mass is 10.2. The summed E-state index contributed by atoms with van der Waals surface area (Å²) in [4.78, 5) is 16.2. The molecule has 2 aromatic rings. The van der Waals surface area contributed by atoms with Gasteiger partial charge in [-0.05, 0) is 30.9 Å². The first kappa shape index (κ1) is 20.3. The molecule has 0 radical (unpaired) electrons. The van der Waals surface area contributed by atoms with Crippen LogP contribution in [0.4, 0.5) is 5.69 Å². The van der Waals surface area contributed by atoms with Gasteiger partial charge in [0.05, 0.1) is 11.4 Å². The minimum atomic E-state index is -3.45. The van der Waals surface area contributed by atoms with E-state index in [0.29, 0.717) is 31.1 Å². The molecule has 0 atom stereocenters. The van der Waals surface area contributed by atoms with E-state index in [9.17, 15) is 13.2 Å². The molecule has 1 N–H and O–H groups in total. The third kappa shape index (κ3) is 5.09. The summed E-state index contributed by atoms with van der Waals surface area (Å²) in [5, 5.41) is 6.56. The number of aryl methyl sites for hydroxylation is 2. The van der Waals surface area contributed by atoms with Gasteiger partial charge in [0, 0.05) is 32.4 Å². The zero-order chi connectivity index (χ0) is 20.0. The summed E-state index contributed by atoms with van der Waals surface area (Å²) < 4.78 is 31.7. The summed E-state index contributed by atoms with van der Waals surface area (Å²) in [5.74, 6) is 0.935. The summed E-state index contributed by atoms with van der Waals surface area (Å²) in [6, 6.07) is 7.51. The first-order chi connectivity index (χ1) is 13.5. The molecule has 9 heteroatoms. The van der Waals surface area contributed by atoms with Gasteiger partial charge < -0.3 is 9.84 Å². The van der Waals surface area contributed by atoms with Crippen molar-refractivity contribution in [3.63, 3.8) is 0 Å². The largest absolute Gasteiger partial charge is 0.355 e. The van der Waals surface area contributed by atoms with Crippen LogP contribution in [0.15, 0.2) is 28.8 Å². The fourth-order valence-electron chi connectivity index (χ4n) is 3.23. The van der Waals surface area contributed by atoms with Gasteiger partial charge in [-0.3, -0.25) is 9.10 Å². The summed E-state index contributed by atoms with van der Waals surface area (Å²) in [6.07, 6.45) is 3.85. The van der Waals surface area contributed by atoms with Crippen LogP contribution in [0.3, 0.4) is 0 Å². The van der Waals surface area contributed by atoms with Gasteiger partial charge >= 0.3 is 0 Å². The predicted octanol–water partition coefficient (Wildman–Crippen LogP) is 1.85. The van der Waals surface area contributed by atoms with Crippen molar-refractivity contribution in [2.45, 2.75) is 45.4 Å². The molecular weight excluding hydrogens is 380 g/mol. The molecule has 0 aliphatic carbocycles. The number of sulfonamides is 1. The van der Waals surface area contributed by atoms with Crippen LogP contribution in [-0.2, 0) is 34.1 Å². The SMILES string of the molecule is CCCc1noc(CCCC(=O)NCCS(=O)(=O)N2CCc3ccccc32)n1. The third-order valence-electron chi connectivity index (χ3n) is 4.64. The lowest BCUT2D eigenvalue weighted by Crippen LogP contribution is -2.36. The lowest BCUT2D eigenvalue weighted by molar-refractivity contribution is -0.121.